The molecule has 4 rings (SSSR count). The van der Waals surface area contributed by atoms with Gasteiger partial charge in [-0.25, -0.2) is 9.37 Å². The predicted octanol–water partition coefficient (Wildman–Crippen LogP) is 3.94. The zero-order valence-corrected chi connectivity index (χ0v) is 13.5. The Hall–Kier alpha value is -3.67. The van der Waals surface area contributed by atoms with Crippen LogP contribution in [0.15, 0.2) is 71.7 Å². The van der Waals surface area contributed by atoms with Gasteiger partial charge in [0.2, 0.25) is 5.56 Å². The summed E-state index contributed by atoms with van der Waals surface area (Å²) in [6.45, 7) is 0. The van der Waals surface area contributed by atoms with Crippen LogP contribution in [-0.2, 0) is 0 Å². The molecular formula is C20H14FN3O2. The number of hydrogen-bond donors (Lipinski definition) is 3. The first kappa shape index (κ1) is 15.8. The van der Waals surface area contributed by atoms with Crippen molar-refractivity contribution >= 4 is 0 Å². The summed E-state index contributed by atoms with van der Waals surface area (Å²) in [7, 11) is 0. The van der Waals surface area contributed by atoms with E-state index in [2.05, 4.69) is 15.0 Å². The first-order chi connectivity index (χ1) is 12.6. The van der Waals surface area contributed by atoms with Crippen molar-refractivity contribution in [3.63, 3.8) is 0 Å². The number of pyridine rings is 1. The number of phenols is 1. The molecule has 3 N–H and O–H groups in total. The average Bonchev–Trinajstić information content (AvgIpc) is 3.08. The van der Waals surface area contributed by atoms with Crippen LogP contribution >= 0.6 is 0 Å². The van der Waals surface area contributed by atoms with E-state index in [-0.39, 0.29) is 17.1 Å². The van der Waals surface area contributed by atoms with Crippen molar-refractivity contribution in [1.29, 1.82) is 0 Å². The molecule has 0 unspecified atom stereocenters. The number of aromatic amines is 2. The molecule has 0 aliphatic carbocycles. The van der Waals surface area contributed by atoms with E-state index < -0.39 is 0 Å². The molecule has 2 aromatic carbocycles. The fourth-order valence-electron chi connectivity index (χ4n) is 2.76. The van der Waals surface area contributed by atoms with E-state index in [9.17, 15) is 14.3 Å². The van der Waals surface area contributed by atoms with Gasteiger partial charge in [0.1, 0.15) is 17.4 Å². The molecule has 0 radical (unpaired) electrons. The third-order valence-electron chi connectivity index (χ3n) is 4.03. The van der Waals surface area contributed by atoms with Crippen LogP contribution in [0.3, 0.4) is 0 Å². The molecule has 128 valence electrons. The molecule has 0 atom stereocenters. The SMILES string of the molecule is O=c1cc(-c2nc(-c3ccc(O)cc3)[nH]c2-c2ccc(F)cc2)cc[nH]1. The second-order valence-corrected chi connectivity index (χ2v) is 5.80. The molecule has 26 heavy (non-hydrogen) atoms. The standard InChI is InChI=1S/C20H14FN3O2/c21-15-5-1-12(2-6-15)18-19(14-9-10-22-17(26)11-14)24-20(23-18)13-3-7-16(25)8-4-13/h1-11,25H,(H,22,26)(H,23,24). The molecule has 0 aliphatic heterocycles. The van der Waals surface area contributed by atoms with Crippen molar-refractivity contribution in [2.45, 2.75) is 0 Å². The number of hydrogen-bond acceptors (Lipinski definition) is 3. The zero-order valence-electron chi connectivity index (χ0n) is 13.5. The molecule has 4 aromatic rings. The largest absolute Gasteiger partial charge is 0.508 e. The van der Waals surface area contributed by atoms with Gasteiger partial charge in [-0.1, -0.05) is 0 Å². The smallest absolute Gasteiger partial charge is 0.248 e. The van der Waals surface area contributed by atoms with Crippen LogP contribution in [0.5, 0.6) is 5.75 Å². The van der Waals surface area contributed by atoms with E-state index in [1.807, 2.05) is 0 Å². The van der Waals surface area contributed by atoms with Gasteiger partial charge in [-0.15, -0.1) is 0 Å². The van der Waals surface area contributed by atoms with E-state index in [4.69, 9.17) is 0 Å². The van der Waals surface area contributed by atoms with Gasteiger partial charge < -0.3 is 15.1 Å². The van der Waals surface area contributed by atoms with Crippen LogP contribution in [0.4, 0.5) is 4.39 Å². The molecule has 0 amide bonds. The van der Waals surface area contributed by atoms with Crippen LogP contribution in [0.1, 0.15) is 0 Å². The first-order valence-electron chi connectivity index (χ1n) is 7.94. The summed E-state index contributed by atoms with van der Waals surface area (Å²) in [5.41, 5.74) is 3.21. The lowest BCUT2D eigenvalue weighted by Crippen LogP contribution is -2.02. The lowest BCUT2D eigenvalue weighted by atomic mass is 10.1. The molecule has 0 aliphatic rings. The van der Waals surface area contributed by atoms with Crippen molar-refractivity contribution in [1.82, 2.24) is 15.0 Å². The number of H-pyrrole nitrogens is 2. The first-order valence-corrected chi connectivity index (χ1v) is 7.94. The van der Waals surface area contributed by atoms with Gasteiger partial charge in [-0.05, 0) is 54.6 Å². The van der Waals surface area contributed by atoms with E-state index in [0.29, 0.717) is 22.8 Å². The third kappa shape index (κ3) is 3.00. The summed E-state index contributed by atoms with van der Waals surface area (Å²) in [4.78, 5) is 22.2. The van der Waals surface area contributed by atoms with Gasteiger partial charge in [0, 0.05) is 29.0 Å². The lowest BCUT2D eigenvalue weighted by molar-refractivity contribution is 0.475. The van der Waals surface area contributed by atoms with Gasteiger partial charge in [0.15, 0.2) is 0 Å². The Kier molecular flexibility index (Phi) is 3.85. The van der Waals surface area contributed by atoms with Gasteiger partial charge in [0.05, 0.1) is 11.4 Å². The summed E-state index contributed by atoms with van der Waals surface area (Å²) in [6, 6.07) is 15.9. The molecule has 5 nitrogen and oxygen atoms in total. The normalized spacial score (nSPS) is 10.8. The highest BCUT2D eigenvalue weighted by Gasteiger charge is 2.15. The molecule has 0 fully saturated rings. The van der Waals surface area contributed by atoms with E-state index in [0.717, 1.165) is 11.1 Å². The number of aromatic hydroxyl groups is 1. The predicted molar refractivity (Wildman–Crippen MR) is 97.1 cm³/mol. The summed E-state index contributed by atoms with van der Waals surface area (Å²) >= 11 is 0. The highest BCUT2D eigenvalue weighted by Crippen LogP contribution is 2.32. The summed E-state index contributed by atoms with van der Waals surface area (Å²) < 4.78 is 13.3. The van der Waals surface area contributed by atoms with E-state index in [1.165, 1.54) is 18.2 Å². The molecule has 0 saturated heterocycles. The summed E-state index contributed by atoms with van der Waals surface area (Å²) in [5.74, 6) is 0.415. The molecule has 0 spiro atoms. The van der Waals surface area contributed by atoms with Crippen LogP contribution in [0, 0.1) is 5.82 Å². The zero-order chi connectivity index (χ0) is 18.1. The Morgan fingerprint density at radius 2 is 1.58 bits per heavy atom. The van der Waals surface area contributed by atoms with Gasteiger partial charge >= 0.3 is 0 Å². The topological polar surface area (TPSA) is 81.8 Å². The Morgan fingerprint density at radius 3 is 2.27 bits per heavy atom. The Bertz CT molecular complexity index is 1110. The number of rotatable bonds is 3. The van der Waals surface area contributed by atoms with Gasteiger partial charge in [0.25, 0.3) is 0 Å². The monoisotopic (exact) mass is 347 g/mol. The molecule has 2 heterocycles. The van der Waals surface area contributed by atoms with Crippen molar-refractivity contribution in [2.75, 3.05) is 0 Å². The Balaban J connectivity index is 1.91. The van der Waals surface area contributed by atoms with Crippen LogP contribution in [0.25, 0.3) is 33.9 Å². The number of phenolic OH excluding ortho intramolecular Hbond substituents is 1. The van der Waals surface area contributed by atoms with Crippen LogP contribution in [-0.4, -0.2) is 20.1 Å². The maximum Gasteiger partial charge on any atom is 0.248 e. The number of imidazole rings is 1. The van der Waals surface area contributed by atoms with Crippen molar-refractivity contribution in [2.24, 2.45) is 0 Å². The minimum absolute atomic E-state index is 0.161. The maximum atomic E-state index is 13.3. The maximum absolute atomic E-state index is 13.3. The summed E-state index contributed by atoms with van der Waals surface area (Å²) in [5, 5.41) is 9.47. The molecule has 0 bridgehead atoms. The fraction of sp³-hybridized carbons (Fsp3) is 0. The van der Waals surface area contributed by atoms with E-state index >= 15 is 0 Å². The minimum atomic E-state index is -0.329. The molecular weight excluding hydrogens is 333 g/mol. The second kappa shape index (κ2) is 6.33. The van der Waals surface area contributed by atoms with Gasteiger partial charge in [-0.3, -0.25) is 4.79 Å². The number of halogens is 1. The lowest BCUT2D eigenvalue weighted by Gasteiger charge is -2.02. The second-order valence-electron chi connectivity index (χ2n) is 5.80. The summed E-state index contributed by atoms with van der Waals surface area (Å²) in [6.07, 6.45) is 1.56. The third-order valence-corrected chi connectivity index (χ3v) is 4.03. The van der Waals surface area contributed by atoms with E-state index in [1.54, 1.807) is 48.7 Å². The average molecular weight is 347 g/mol. The Labute approximate surface area is 147 Å². The highest BCUT2D eigenvalue weighted by molar-refractivity contribution is 5.81. The van der Waals surface area contributed by atoms with Crippen LogP contribution in [0.2, 0.25) is 0 Å². The minimum Gasteiger partial charge on any atom is -0.508 e. The number of nitrogens with zero attached hydrogens (tertiary/aromatic N) is 1. The molecule has 0 saturated carbocycles. The van der Waals surface area contributed by atoms with Crippen LogP contribution < -0.4 is 5.56 Å². The fourth-order valence-corrected chi connectivity index (χ4v) is 2.76. The quantitative estimate of drug-likeness (QED) is 0.525. The van der Waals surface area contributed by atoms with Gasteiger partial charge in [-0.2, -0.15) is 0 Å². The van der Waals surface area contributed by atoms with Crippen molar-refractivity contribution in [3.8, 4) is 39.7 Å². The number of benzene rings is 2. The number of nitrogens with one attached hydrogen (secondary N) is 2. The van der Waals surface area contributed by atoms with Crippen molar-refractivity contribution in [3.05, 3.63) is 83.0 Å². The number of aromatic nitrogens is 3. The van der Waals surface area contributed by atoms with Crippen molar-refractivity contribution < 1.29 is 9.50 Å². The Morgan fingerprint density at radius 1 is 0.885 bits per heavy atom. The highest BCUT2D eigenvalue weighted by atomic mass is 19.1. The molecule has 2 aromatic heterocycles. The molecule has 6 heteroatoms.